The Balaban J connectivity index is 1.72. The second-order valence-electron chi connectivity index (χ2n) is 14.4. The SMILES string of the molecule is CCCCCCC1=C(I)c2nc1ccc1[nH]c(cc1CCCCCC)c1nc(ccc3[nH]c2cc3CCCCCC)C(CCCCCC)=C1I. The molecule has 5 heterocycles. The predicted octanol–water partition coefficient (Wildman–Crippen LogP) is 15.1. The number of rotatable bonds is 20. The van der Waals surface area contributed by atoms with Crippen molar-refractivity contribution in [2.45, 2.75) is 156 Å². The molecule has 50 heavy (non-hydrogen) atoms. The van der Waals surface area contributed by atoms with Gasteiger partial charge in [0.15, 0.2) is 0 Å². The number of fused-ring (bicyclic) bond motifs is 10. The Bertz CT molecular complexity index is 1660. The Morgan fingerprint density at radius 1 is 0.440 bits per heavy atom. The van der Waals surface area contributed by atoms with Gasteiger partial charge in [0.25, 0.3) is 0 Å². The van der Waals surface area contributed by atoms with E-state index in [0.29, 0.717) is 0 Å². The summed E-state index contributed by atoms with van der Waals surface area (Å²) >= 11 is 5.17. The van der Waals surface area contributed by atoms with Crippen molar-refractivity contribution in [3.63, 3.8) is 0 Å². The van der Waals surface area contributed by atoms with Crippen LogP contribution in [0, 0.1) is 0 Å². The van der Waals surface area contributed by atoms with Crippen LogP contribution in [0.2, 0.25) is 0 Å². The molecule has 0 spiro atoms. The maximum Gasteiger partial charge on any atom is 0.101 e. The highest BCUT2D eigenvalue weighted by Crippen LogP contribution is 2.41. The first-order chi connectivity index (χ1) is 24.5. The zero-order chi connectivity index (χ0) is 35.3. The molecule has 0 unspecified atom stereocenters. The second-order valence-corrected chi connectivity index (χ2v) is 16.6. The summed E-state index contributed by atoms with van der Waals surface area (Å²) in [5.74, 6) is 0. The van der Waals surface area contributed by atoms with Gasteiger partial charge < -0.3 is 9.97 Å². The van der Waals surface area contributed by atoms with E-state index < -0.39 is 0 Å². The van der Waals surface area contributed by atoms with Crippen molar-refractivity contribution in [3.8, 4) is 0 Å². The fourth-order valence-corrected chi connectivity index (χ4v) is 9.27. The largest absolute Gasteiger partial charge is 0.353 e. The molecular weight excluding hydrogens is 838 g/mol. The summed E-state index contributed by atoms with van der Waals surface area (Å²) in [7, 11) is 0. The number of aromatic amines is 2. The topological polar surface area (TPSA) is 57.4 Å². The number of hydrogen-bond donors (Lipinski definition) is 2. The molecule has 2 aliphatic rings. The molecule has 0 amide bonds. The third kappa shape index (κ3) is 10.1. The van der Waals surface area contributed by atoms with Crippen molar-refractivity contribution in [1.29, 1.82) is 0 Å². The minimum absolute atomic E-state index is 1.07. The van der Waals surface area contributed by atoms with Crippen molar-refractivity contribution in [2.24, 2.45) is 0 Å². The average Bonchev–Trinajstić information content (AvgIpc) is 3.87. The molecule has 4 nitrogen and oxygen atoms in total. The molecule has 270 valence electrons. The molecule has 0 atom stereocenters. The standard InChI is InChI=1S/C44H60I2N4/c1-5-9-13-17-21-31-29-39-43-41(45)34(24-20-16-12-8-4)38(49-43)28-26-36-32(22-18-14-10-6-2)30-40(48-36)44-42(46)33(23-19-15-11-7-3)37(50-44)27-25-35(31)47-39/h25-30,47-48H,5-24H2,1-4H3. The van der Waals surface area contributed by atoms with Gasteiger partial charge in [-0.05, 0) is 155 Å². The maximum absolute atomic E-state index is 5.39. The summed E-state index contributed by atoms with van der Waals surface area (Å²) in [4.78, 5) is 18.5. The summed E-state index contributed by atoms with van der Waals surface area (Å²) in [6, 6.07) is 14.0. The Hall–Kier alpha value is -1.94. The van der Waals surface area contributed by atoms with Crippen LogP contribution < -0.4 is 0 Å². The second kappa shape index (κ2) is 20.3. The smallest absolute Gasteiger partial charge is 0.101 e. The fourth-order valence-electron chi connectivity index (χ4n) is 7.35. The number of allylic oxidation sites excluding steroid dienone is 2. The zero-order valence-corrected chi connectivity index (χ0v) is 35.6. The number of halogens is 2. The summed E-state index contributed by atoms with van der Waals surface area (Å²) < 4.78 is 2.60. The van der Waals surface area contributed by atoms with E-state index in [0.717, 1.165) is 59.5 Å². The minimum Gasteiger partial charge on any atom is -0.353 e. The number of unbranched alkanes of at least 4 members (excludes halogenated alkanes) is 12. The monoisotopic (exact) mass is 898 g/mol. The summed E-state index contributed by atoms with van der Waals surface area (Å²) in [5, 5.41) is 0. The number of nitrogens with zero attached hydrogens (tertiary/aromatic N) is 2. The lowest BCUT2D eigenvalue weighted by Gasteiger charge is -2.03. The molecule has 2 aliphatic heterocycles. The van der Waals surface area contributed by atoms with E-state index >= 15 is 0 Å². The number of hydrogen-bond acceptors (Lipinski definition) is 2. The lowest BCUT2D eigenvalue weighted by atomic mass is 10.0. The highest BCUT2D eigenvalue weighted by molar-refractivity contribution is 14.1. The Morgan fingerprint density at radius 2 is 0.800 bits per heavy atom. The minimum atomic E-state index is 1.07. The van der Waals surface area contributed by atoms with Crippen LogP contribution >= 0.6 is 45.2 Å². The number of aromatic nitrogens is 4. The normalized spacial score (nSPS) is 13.2. The quantitative estimate of drug-likeness (QED) is 0.0877. The van der Waals surface area contributed by atoms with Crippen LogP contribution in [0.1, 0.15) is 177 Å². The van der Waals surface area contributed by atoms with Gasteiger partial charge in [-0.2, -0.15) is 0 Å². The van der Waals surface area contributed by atoms with Crippen LogP contribution in [0.25, 0.3) is 40.4 Å². The van der Waals surface area contributed by atoms with E-state index in [2.05, 4.69) is 119 Å². The van der Waals surface area contributed by atoms with Gasteiger partial charge in [0.2, 0.25) is 0 Å². The van der Waals surface area contributed by atoms with Gasteiger partial charge in [-0.15, -0.1) is 0 Å². The maximum atomic E-state index is 5.39. The van der Waals surface area contributed by atoms with Gasteiger partial charge >= 0.3 is 0 Å². The molecule has 0 saturated heterocycles. The van der Waals surface area contributed by atoms with Gasteiger partial charge in [0.05, 0.1) is 22.4 Å². The predicted molar refractivity (Wildman–Crippen MR) is 236 cm³/mol. The zero-order valence-electron chi connectivity index (χ0n) is 31.3. The Kier molecular flexibility index (Phi) is 16.0. The van der Waals surface area contributed by atoms with Crippen LogP contribution in [0.3, 0.4) is 0 Å². The summed E-state index contributed by atoms with van der Waals surface area (Å²) in [5.41, 5.74) is 14.7. The van der Waals surface area contributed by atoms with Crippen LogP contribution in [-0.2, 0) is 12.8 Å². The van der Waals surface area contributed by atoms with Crippen LogP contribution in [0.5, 0.6) is 0 Å². The molecule has 3 aromatic rings. The van der Waals surface area contributed by atoms with Crippen LogP contribution in [0.15, 0.2) is 36.4 Å². The van der Waals surface area contributed by atoms with E-state index in [1.807, 2.05) is 0 Å². The molecular formula is C44H60I2N4. The molecule has 2 N–H and O–H groups in total. The van der Waals surface area contributed by atoms with E-state index in [1.165, 1.54) is 143 Å². The van der Waals surface area contributed by atoms with Gasteiger partial charge in [-0.1, -0.05) is 105 Å². The molecule has 5 rings (SSSR count). The fraction of sp³-hybridized carbons (Fsp3) is 0.545. The first-order valence-electron chi connectivity index (χ1n) is 20.0. The van der Waals surface area contributed by atoms with Gasteiger partial charge in [-0.25, -0.2) is 9.97 Å². The van der Waals surface area contributed by atoms with Gasteiger partial charge in [0, 0.05) is 18.2 Å². The van der Waals surface area contributed by atoms with E-state index in [9.17, 15) is 0 Å². The first kappa shape index (κ1) is 39.3. The molecule has 0 radical (unpaired) electrons. The molecule has 0 saturated carbocycles. The first-order valence-corrected chi connectivity index (χ1v) is 22.1. The molecule has 0 aliphatic carbocycles. The average molecular weight is 899 g/mol. The van der Waals surface area contributed by atoms with E-state index in [4.69, 9.17) is 9.97 Å². The molecule has 8 bridgehead atoms. The lowest BCUT2D eigenvalue weighted by Crippen LogP contribution is -1.85. The molecule has 0 aromatic carbocycles. The third-order valence-corrected chi connectivity index (χ3v) is 12.7. The van der Waals surface area contributed by atoms with Crippen LogP contribution in [-0.4, -0.2) is 19.9 Å². The van der Waals surface area contributed by atoms with Gasteiger partial charge in [0.1, 0.15) is 11.4 Å². The Labute approximate surface area is 329 Å². The number of nitrogens with one attached hydrogen (secondary N) is 2. The molecule has 6 heteroatoms. The van der Waals surface area contributed by atoms with Crippen molar-refractivity contribution < 1.29 is 0 Å². The van der Waals surface area contributed by atoms with E-state index in [1.54, 1.807) is 0 Å². The van der Waals surface area contributed by atoms with Gasteiger partial charge in [-0.3, -0.25) is 0 Å². The highest BCUT2D eigenvalue weighted by Gasteiger charge is 2.22. The third-order valence-electron chi connectivity index (χ3n) is 10.4. The summed E-state index contributed by atoms with van der Waals surface area (Å²) in [6.45, 7) is 9.16. The highest BCUT2D eigenvalue weighted by atomic mass is 127. The van der Waals surface area contributed by atoms with Crippen molar-refractivity contribution in [3.05, 3.63) is 70.3 Å². The van der Waals surface area contributed by atoms with Crippen LogP contribution in [0.4, 0.5) is 0 Å². The van der Waals surface area contributed by atoms with E-state index in [-0.39, 0.29) is 0 Å². The number of H-pyrrole nitrogens is 2. The van der Waals surface area contributed by atoms with Crippen molar-refractivity contribution in [2.75, 3.05) is 0 Å². The number of aryl methyl sites for hydroxylation is 2. The molecule has 0 fully saturated rings. The lowest BCUT2D eigenvalue weighted by molar-refractivity contribution is 0.668. The van der Waals surface area contributed by atoms with Crippen molar-refractivity contribution in [1.82, 2.24) is 19.9 Å². The Morgan fingerprint density at radius 3 is 1.16 bits per heavy atom. The molecule has 3 aromatic heterocycles. The summed E-state index contributed by atoms with van der Waals surface area (Å²) in [6.07, 6.45) is 24.4. The van der Waals surface area contributed by atoms with Crippen molar-refractivity contribution >= 4 is 85.6 Å².